The van der Waals surface area contributed by atoms with Crippen molar-refractivity contribution in [2.45, 2.75) is 38.7 Å². The molecule has 0 aliphatic carbocycles. The highest BCUT2D eigenvalue weighted by atomic mass is 79.9. The van der Waals surface area contributed by atoms with Gasteiger partial charge in [-0.2, -0.15) is 0 Å². The lowest BCUT2D eigenvalue weighted by atomic mass is 9.81. The van der Waals surface area contributed by atoms with E-state index in [9.17, 15) is 9.59 Å². The SMILES string of the molecule is Cc1cc(C)c2c(c1)C(=O)CC1(CCN(C(=O)c3ccc(Br)o3)CC1)O2. The summed E-state index contributed by atoms with van der Waals surface area (Å²) >= 11 is 3.22. The summed E-state index contributed by atoms with van der Waals surface area (Å²) in [5.41, 5.74) is 2.24. The van der Waals surface area contributed by atoms with Gasteiger partial charge in [0.1, 0.15) is 11.4 Å². The van der Waals surface area contributed by atoms with Gasteiger partial charge >= 0.3 is 0 Å². The Kier molecular flexibility index (Phi) is 4.18. The fraction of sp³-hybridized carbons (Fsp3) is 0.400. The molecule has 1 fully saturated rings. The maximum absolute atomic E-state index is 12.7. The molecule has 3 heterocycles. The van der Waals surface area contributed by atoms with Crippen LogP contribution in [0.4, 0.5) is 0 Å². The number of piperidine rings is 1. The van der Waals surface area contributed by atoms with E-state index in [4.69, 9.17) is 9.15 Å². The molecular weight excluding hydrogens is 398 g/mol. The molecule has 26 heavy (non-hydrogen) atoms. The second-order valence-corrected chi connectivity index (χ2v) is 8.02. The van der Waals surface area contributed by atoms with Crippen LogP contribution in [-0.2, 0) is 0 Å². The Hall–Kier alpha value is -2.08. The van der Waals surface area contributed by atoms with Gasteiger partial charge in [-0.3, -0.25) is 9.59 Å². The third-order valence-electron chi connectivity index (χ3n) is 5.27. The number of carbonyl (C=O) groups excluding carboxylic acids is 2. The van der Waals surface area contributed by atoms with Crippen LogP contribution in [0.15, 0.2) is 33.4 Å². The predicted octanol–water partition coefficient (Wildman–Crippen LogP) is 4.30. The molecule has 5 nitrogen and oxygen atoms in total. The van der Waals surface area contributed by atoms with Crippen LogP contribution in [0.25, 0.3) is 0 Å². The number of furan rings is 1. The zero-order valence-electron chi connectivity index (χ0n) is 14.8. The number of likely N-dealkylation sites (tertiary alicyclic amines) is 1. The second kappa shape index (κ2) is 6.27. The zero-order valence-corrected chi connectivity index (χ0v) is 16.4. The van der Waals surface area contributed by atoms with Gasteiger partial charge in [0.05, 0.1) is 12.0 Å². The number of hydrogen-bond acceptors (Lipinski definition) is 4. The van der Waals surface area contributed by atoms with Gasteiger partial charge in [-0.1, -0.05) is 6.07 Å². The Bertz CT molecular complexity index is 893. The summed E-state index contributed by atoms with van der Waals surface area (Å²) in [7, 11) is 0. The molecule has 2 aliphatic heterocycles. The molecule has 0 N–H and O–H groups in total. The van der Waals surface area contributed by atoms with Gasteiger partial charge in [0.2, 0.25) is 0 Å². The van der Waals surface area contributed by atoms with Gasteiger partial charge in [0, 0.05) is 25.9 Å². The molecule has 2 aromatic rings. The number of amides is 1. The van der Waals surface area contributed by atoms with Gasteiger partial charge in [-0.15, -0.1) is 0 Å². The fourth-order valence-corrected chi connectivity index (χ4v) is 4.23. The largest absolute Gasteiger partial charge is 0.486 e. The van der Waals surface area contributed by atoms with Crippen molar-refractivity contribution in [2.24, 2.45) is 0 Å². The van der Waals surface area contributed by atoms with Crippen molar-refractivity contribution in [2.75, 3.05) is 13.1 Å². The number of halogens is 1. The highest BCUT2D eigenvalue weighted by Crippen LogP contribution is 2.41. The zero-order chi connectivity index (χ0) is 18.5. The predicted molar refractivity (Wildman–Crippen MR) is 99.8 cm³/mol. The number of ketones is 1. The molecule has 0 unspecified atom stereocenters. The highest BCUT2D eigenvalue weighted by Gasteiger charge is 2.44. The van der Waals surface area contributed by atoms with Crippen molar-refractivity contribution in [1.29, 1.82) is 0 Å². The Morgan fingerprint density at radius 1 is 1.19 bits per heavy atom. The summed E-state index contributed by atoms with van der Waals surface area (Å²) in [4.78, 5) is 27.0. The highest BCUT2D eigenvalue weighted by molar-refractivity contribution is 9.10. The first-order valence-electron chi connectivity index (χ1n) is 8.75. The Morgan fingerprint density at radius 2 is 1.92 bits per heavy atom. The van der Waals surface area contributed by atoms with E-state index in [1.165, 1.54) is 0 Å². The number of fused-ring (bicyclic) bond motifs is 1. The van der Waals surface area contributed by atoms with Gasteiger partial charge in [0.15, 0.2) is 16.2 Å². The van der Waals surface area contributed by atoms with Crippen molar-refractivity contribution >= 4 is 27.6 Å². The number of Topliss-reactive ketones (excluding diaryl/α,β-unsaturated/α-hetero) is 1. The van der Waals surface area contributed by atoms with Crippen LogP contribution in [-0.4, -0.2) is 35.3 Å². The lowest BCUT2D eigenvalue weighted by Gasteiger charge is -2.44. The molecule has 1 spiro atoms. The molecule has 2 aliphatic rings. The Morgan fingerprint density at radius 3 is 2.58 bits per heavy atom. The number of benzene rings is 1. The summed E-state index contributed by atoms with van der Waals surface area (Å²) in [5.74, 6) is 1.04. The van der Waals surface area contributed by atoms with E-state index in [1.807, 2.05) is 26.0 Å². The first-order chi connectivity index (χ1) is 12.4. The normalized spacial score (nSPS) is 18.6. The second-order valence-electron chi connectivity index (χ2n) is 7.24. The first-order valence-corrected chi connectivity index (χ1v) is 9.54. The van der Waals surface area contributed by atoms with Crippen molar-refractivity contribution in [3.8, 4) is 5.75 Å². The van der Waals surface area contributed by atoms with Crippen molar-refractivity contribution < 1.29 is 18.7 Å². The van der Waals surface area contributed by atoms with E-state index in [0.29, 0.717) is 54.1 Å². The van der Waals surface area contributed by atoms with Crippen LogP contribution in [0.2, 0.25) is 0 Å². The van der Waals surface area contributed by atoms with Crippen molar-refractivity contribution in [3.63, 3.8) is 0 Å². The smallest absolute Gasteiger partial charge is 0.289 e. The van der Waals surface area contributed by atoms with E-state index in [1.54, 1.807) is 17.0 Å². The quantitative estimate of drug-likeness (QED) is 0.693. The van der Waals surface area contributed by atoms with Crippen LogP contribution in [0, 0.1) is 13.8 Å². The Labute approximate surface area is 160 Å². The molecule has 0 saturated carbocycles. The molecule has 1 amide bonds. The van der Waals surface area contributed by atoms with Gasteiger partial charge in [-0.25, -0.2) is 0 Å². The number of carbonyl (C=O) groups is 2. The molecular formula is C20H20BrNO4. The van der Waals surface area contributed by atoms with E-state index in [-0.39, 0.29) is 11.7 Å². The van der Waals surface area contributed by atoms with Crippen molar-refractivity contribution in [3.05, 3.63) is 51.4 Å². The minimum absolute atomic E-state index is 0.125. The summed E-state index contributed by atoms with van der Waals surface area (Å²) < 4.78 is 12.3. The average molecular weight is 418 g/mol. The van der Waals surface area contributed by atoms with Gasteiger partial charge in [-0.05, 0) is 59.1 Å². The summed E-state index contributed by atoms with van der Waals surface area (Å²) in [6.45, 7) is 5.06. The van der Waals surface area contributed by atoms with E-state index in [0.717, 1.165) is 11.1 Å². The minimum atomic E-state index is -0.509. The molecule has 4 rings (SSSR count). The van der Waals surface area contributed by atoms with Gasteiger partial charge in [0.25, 0.3) is 5.91 Å². The first kappa shape index (κ1) is 17.3. The topological polar surface area (TPSA) is 59.8 Å². The molecule has 136 valence electrons. The summed E-state index contributed by atoms with van der Waals surface area (Å²) in [6.07, 6.45) is 1.65. The number of ether oxygens (including phenoxy) is 1. The average Bonchev–Trinajstić information content (AvgIpc) is 3.03. The van der Waals surface area contributed by atoms with Crippen LogP contribution < -0.4 is 4.74 Å². The maximum Gasteiger partial charge on any atom is 0.289 e. The minimum Gasteiger partial charge on any atom is -0.486 e. The monoisotopic (exact) mass is 417 g/mol. The van der Waals surface area contributed by atoms with Crippen LogP contribution in [0.1, 0.15) is 51.3 Å². The molecule has 0 radical (unpaired) electrons. The number of rotatable bonds is 1. The summed E-state index contributed by atoms with van der Waals surface area (Å²) in [6, 6.07) is 7.33. The molecule has 1 aromatic carbocycles. The number of nitrogens with zero attached hydrogens (tertiary/aromatic N) is 1. The molecule has 6 heteroatoms. The third-order valence-corrected chi connectivity index (χ3v) is 5.69. The third kappa shape index (κ3) is 2.96. The van der Waals surface area contributed by atoms with Crippen LogP contribution >= 0.6 is 15.9 Å². The molecule has 0 bridgehead atoms. The van der Waals surface area contributed by atoms with E-state index in [2.05, 4.69) is 15.9 Å². The lowest BCUT2D eigenvalue weighted by Crippen LogP contribution is -2.52. The molecule has 0 atom stereocenters. The fourth-order valence-electron chi connectivity index (χ4n) is 3.92. The van der Waals surface area contributed by atoms with Gasteiger partial charge < -0.3 is 14.1 Å². The maximum atomic E-state index is 12.7. The van der Waals surface area contributed by atoms with E-state index < -0.39 is 5.60 Å². The molecule has 1 aromatic heterocycles. The van der Waals surface area contributed by atoms with Crippen molar-refractivity contribution in [1.82, 2.24) is 4.90 Å². The lowest BCUT2D eigenvalue weighted by molar-refractivity contribution is -0.00692. The molecule has 1 saturated heterocycles. The number of hydrogen-bond donors (Lipinski definition) is 0. The van der Waals surface area contributed by atoms with Crippen LogP contribution in [0.5, 0.6) is 5.75 Å². The number of aryl methyl sites for hydroxylation is 2. The summed E-state index contributed by atoms with van der Waals surface area (Å²) in [5, 5.41) is 0. The van der Waals surface area contributed by atoms with E-state index >= 15 is 0 Å². The Balaban J connectivity index is 1.52. The van der Waals surface area contributed by atoms with Crippen LogP contribution in [0.3, 0.4) is 0 Å². The standard InChI is InChI=1S/C20H20BrNO4/c1-12-9-13(2)18-14(10-12)15(23)11-20(26-18)5-7-22(8-6-20)19(24)16-3-4-17(21)25-16/h3-4,9-10H,5-8,11H2,1-2H3.